The van der Waals surface area contributed by atoms with Gasteiger partial charge in [-0.25, -0.2) is 9.59 Å². The van der Waals surface area contributed by atoms with E-state index in [1.165, 1.54) is 0 Å². The van der Waals surface area contributed by atoms with Gasteiger partial charge in [0, 0.05) is 6.04 Å². The van der Waals surface area contributed by atoms with E-state index in [-0.39, 0.29) is 12.1 Å². The van der Waals surface area contributed by atoms with E-state index in [0.29, 0.717) is 12.8 Å². The summed E-state index contributed by atoms with van der Waals surface area (Å²) in [5.41, 5.74) is -1.03. The second-order valence-electron chi connectivity index (χ2n) is 5.17. The summed E-state index contributed by atoms with van der Waals surface area (Å²) in [5, 5.41) is 14.8. The summed E-state index contributed by atoms with van der Waals surface area (Å²) in [4.78, 5) is 23.0. The standard InChI is InChI=1S/C12H20N2O3/c15-10(16)12(7-3-4-8-12)14-11(17)13-9-5-1-2-6-9/h9H,1-8H2,(H,15,16)(H2,13,14,17). The van der Waals surface area contributed by atoms with Crippen LogP contribution in [0.3, 0.4) is 0 Å². The van der Waals surface area contributed by atoms with Gasteiger partial charge in [0.25, 0.3) is 0 Å². The fourth-order valence-electron chi connectivity index (χ4n) is 2.88. The number of carbonyl (C=O) groups excluding carboxylic acids is 1. The van der Waals surface area contributed by atoms with Crippen molar-refractivity contribution < 1.29 is 14.7 Å². The zero-order valence-corrected chi connectivity index (χ0v) is 10.00. The third kappa shape index (κ3) is 2.70. The van der Waals surface area contributed by atoms with Crippen LogP contribution in [0.4, 0.5) is 4.79 Å². The van der Waals surface area contributed by atoms with Crippen LogP contribution in [0.1, 0.15) is 51.4 Å². The molecule has 5 nitrogen and oxygen atoms in total. The minimum absolute atomic E-state index is 0.224. The Morgan fingerprint density at radius 3 is 2.18 bits per heavy atom. The highest BCUT2D eigenvalue weighted by molar-refractivity contribution is 5.86. The Bertz CT molecular complexity index is 305. The maximum Gasteiger partial charge on any atom is 0.329 e. The van der Waals surface area contributed by atoms with Crippen molar-refractivity contribution in [3.8, 4) is 0 Å². The molecule has 0 aromatic carbocycles. The fraction of sp³-hybridized carbons (Fsp3) is 0.833. The Balaban J connectivity index is 1.89. The highest BCUT2D eigenvalue weighted by Crippen LogP contribution is 2.30. The van der Waals surface area contributed by atoms with Crippen LogP contribution in [-0.2, 0) is 4.79 Å². The van der Waals surface area contributed by atoms with Gasteiger partial charge in [-0.2, -0.15) is 0 Å². The molecule has 2 amide bonds. The first kappa shape index (κ1) is 12.2. The number of aliphatic carboxylic acids is 1. The Kier molecular flexibility index (Phi) is 3.54. The molecule has 0 unspecified atom stereocenters. The molecule has 0 aromatic heterocycles. The van der Waals surface area contributed by atoms with Crippen molar-refractivity contribution in [2.45, 2.75) is 62.9 Å². The third-order valence-corrected chi connectivity index (χ3v) is 3.91. The van der Waals surface area contributed by atoms with Crippen molar-refractivity contribution in [3.63, 3.8) is 0 Å². The van der Waals surface area contributed by atoms with Crippen molar-refractivity contribution in [2.24, 2.45) is 0 Å². The molecule has 2 rings (SSSR count). The van der Waals surface area contributed by atoms with Gasteiger partial charge < -0.3 is 15.7 Å². The largest absolute Gasteiger partial charge is 0.480 e. The lowest BCUT2D eigenvalue weighted by molar-refractivity contribution is -0.144. The van der Waals surface area contributed by atoms with E-state index < -0.39 is 11.5 Å². The molecule has 0 atom stereocenters. The molecule has 2 fully saturated rings. The first-order chi connectivity index (χ1) is 8.12. The van der Waals surface area contributed by atoms with Gasteiger partial charge in [-0.05, 0) is 25.7 Å². The molecule has 0 heterocycles. The number of hydrogen-bond acceptors (Lipinski definition) is 2. The summed E-state index contributed by atoms with van der Waals surface area (Å²) in [5.74, 6) is -0.906. The molecule has 0 saturated heterocycles. The lowest BCUT2D eigenvalue weighted by atomic mass is 9.98. The van der Waals surface area contributed by atoms with Crippen LogP contribution < -0.4 is 10.6 Å². The summed E-state index contributed by atoms with van der Waals surface area (Å²) in [6.45, 7) is 0. The second-order valence-corrected chi connectivity index (χ2v) is 5.17. The molecule has 0 bridgehead atoms. The second kappa shape index (κ2) is 4.94. The van der Waals surface area contributed by atoms with Gasteiger partial charge in [-0.3, -0.25) is 0 Å². The van der Waals surface area contributed by atoms with Gasteiger partial charge in [-0.1, -0.05) is 25.7 Å². The molecule has 17 heavy (non-hydrogen) atoms. The molecule has 96 valence electrons. The van der Waals surface area contributed by atoms with Crippen molar-refractivity contribution in [1.29, 1.82) is 0 Å². The highest BCUT2D eigenvalue weighted by Gasteiger charge is 2.42. The van der Waals surface area contributed by atoms with E-state index >= 15 is 0 Å². The predicted octanol–water partition coefficient (Wildman–Crippen LogP) is 1.63. The molecular formula is C12H20N2O3. The smallest absolute Gasteiger partial charge is 0.329 e. The quantitative estimate of drug-likeness (QED) is 0.701. The minimum atomic E-state index is -1.03. The molecule has 0 aromatic rings. The number of carboxylic acids is 1. The Morgan fingerprint density at radius 2 is 1.65 bits per heavy atom. The maximum atomic E-state index is 11.8. The van der Waals surface area contributed by atoms with Crippen LogP contribution >= 0.6 is 0 Å². The van der Waals surface area contributed by atoms with Crippen LogP contribution in [0.5, 0.6) is 0 Å². The van der Waals surface area contributed by atoms with Crippen LogP contribution in [0.15, 0.2) is 0 Å². The Hall–Kier alpha value is -1.26. The van der Waals surface area contributed by atoms with Crippen molar-refractivity contribution in [1.82, 2.24) is 10.6 Å². The molecule has 5 heteroatoms. The topological polar surface area (TPSA) is 78.4 Å². The number of carboxylic acid groups (broad SMARTS) is 1. The minimum Gasteiger partial charge on any atom is -0.480 e. The molecule has 0 spiro atoms. The lowest BCUT2D eigenvalue weighted by Crippen LogP contribution is -2.56. The van der Waals surface area contributed by atoms with Gasteiger partial charge in [0.15, 0.2) is 0 Å². The molecule has 3 N–H and O–H groups in total. The van der Waals surface area contributed by atoms with Crippen molar-refractivity contribution in [2.75, 3.05) is 0 Å². The molecule has 2 aliphatic carbocycles. The summed E-state index contributed by atoms with van der Waals surface area (Å²) in [6.07, 6.45) is 7.14. The van der Waals surface area contributed by atoms with E-state index in [1.54, 1.807) is 0 Å². The summed E-state index contributed by atoms with van der Waals surface area (Å²) >= 11 is 0. The van der Waals surface area contributed by atoms with Crippen LogP contribution in [0, 0.1) is 0 Å². The van der Waals surface area contributed by atoms with Gasteiger partial charge in [0.05, 0.1) is 0 Å². The predicted molar refractivity (Wildman–Crippen MR) is 62.8 cm³/mol. The normalized spacial score (nSPS) is 23.5. The van der Waals surface area contributed by atoms with E-state index in [0.717, 1.165) is 38.5 Å². The zero-order valence-electron chi connectivity index (χ0n) is 10.00. The first-order valence-electron chi connectivity index (χ1n) is 6.44. The molecule has 2 aliphatic rings. The van der Waals surface area contributed by atoms with E-state index in [9.17, 15) is 14.7 Å². The number of nitrogens with one attached hydrogen (secondary N) is 2. The highest BCUT2D eigenvalue weighted by atomic mass is 16.4. The summed E-state index contributed by atoms with van der Waals surface area (Å²) in [6, 6.07) is -0.0940. The van der Waals surface area contributed by atoms with Gasteiger partial charge in [0.2, 0.25) is 0 Å². The number of amides is 2. The third-order valence-electron chi connectivity index (χ3n) is 3.91. The zero-order chi connectivity index (χ0) is 12.3. The average molecular weight is 240 g/mol. The lowest BCUT2D eigenvalue weighted by Gasteiger charge is -2.26. The van der Waals surface area contributed by atoms with Crippen molar-refractivity contribution >= 4 is 12.0 Å². The fourth-order valence-corrected chi connectivity index (χ4v) is 2.88. The van der Waals surface area contributed by atoms with Gasteiger partial charge >= 0.3 is 12.0 Å². The summed E-state index contributed by atoms with van der Waals surface area (Å²) < 4.78 is 0. The SMILES string of the molecule is O=C(NC1CCCC1)NC1(C(=O)O)CCCC1. The Labute approximate surface area is 101 Å². The van der Waals surface area contributed by atoms with Gasteiger partial charge in [0.1, 0.15) is 5.54 Å². The molecule has 2 saturated carbocycles. The van der Waals surface area contributed by atoms with E-state index in [1.807, 2.05) is 0 Å². The maximum absolute atomic E-state index is 11.8. The van der Waals surface area contributed by atoms with Crippen LogP contribution in [0.25, 0.3) is 0 Å². The Morgan fingerprint density at radius 1 is 1.06 bits per heavy atom. The van der Waals surface area contributed by atoms with Crippen LogP contribution in [0.2, 0.25) is 0 Å². The number of hydrogen-bond donors (Lipinski definition) is 3. The average Bonchev–Trinajstić information content (AvgIpc) is 2.89. The molecular weight excluding hydrogens is 220 g/mol. The molecule has 0 aliphatic heterocycles. The number of carbonyl (C=O) groups is 2. The number of urea groups is 1. The van der Waals surface area contributed by atoms with Gasteiger partial charge in [-0.15, -0.1) is 0 Å². The van der Waals surface area contributed by atoms with E-state index in [4.69, 9.17) is 0 Å². The van der Waals surface area contributed by atoms with E-state index in [2.05, 4.69) is 10.6 Å². The van der Waals surface area contributed by atoms with Crippen molar-refractivity contribution in [3.05, 3.63) is 0 Å². The monoisotopic (exact) mass is 240 g/mol. The molecule has 0 radical (unpaired) electrons. The first-order valence-corrected chi connectivity index (χ1v) is 6.44. The number of rotatable bonds is 3. The van der Waals surface area contributed by atoms with Crippen LogP contribution in [-0.4, -0.2) is 28.7 Å². The summed E-state index contributed by atoms with van der Waals surface area (Å²) in [7, 11) is 0.